The number of halogens is 3. The molecule has 104 valence electrons. The Balaban J connectivity index is 2.06. The van der Waals surface area contributed by atoms with E-state index in [1.807, 2.05) is 0 Å². The van der Waals surface area contributed by atoms with Gasteiger partial charge in [-0.05, 0) is 37.1 Å². The highest BCUT2D eigenvalue weighted by atomic mass is 35.5. The van der Waals surface area contributed by atoms with Gasteiger partial charge < -0.3 is 5.11 Å². The SMILES string of the molecule is O=C(O)C1CCCN1CC(Cl)c1ccc(F)c(F)c1. The summed E-state index contributed by atoms with van der Waals surface area (Å²) in [5.41, 5.74) is 0.455. The van der Waals surface area contributed by atoms with Crippen LogP contribution in [-0.2, 0) is 4.79 Å². The predicted molar refractivity (Wildman–Crippen MR) is 67.2 cm³/mol. The Hall–Kier alpha value is -1.20. The number of alkyl halides is 1. The second-order valence-corrected chi connectivity index (χ2v) is 5.16. The molecule has 2 rings (SSSR count). The molecule has 0 saturated carbocycles. The highest BCUT2D eigenvalue weighted by Crippen LogP contribution is 2.27. The summed E-state index contributed by atoms with van der Waals surface area (Å²) in [5.74, 6) is -2.73. The van der Waals surface area contributed by atoms with Crippen molar-refractivity contribution in [3.05, 3.63) is 35.4 Å². The Labute approximate surface area is 114 Å². The zero-order chi connectivity index (χ0) is 14.0. The number of carboxylic acids is 1. The van der Waals surface area contributed by atoms with E-state index in [0.29, 0.717) is 25.1 Å². The molecular weight excluding hydrogens is 276 g/mol. The first-order valence-electron chi connectivity index (χ1n) is 6.05. The fraction of sp³-hybridized carbons (Fsp3) is 0.462. The molecule has 2 atom stereocenters. The molecule has 1 aromatic rings. The average Bonchev–Trinajstić information content (AvgIpc) is 2.80. The number of aliphatic carboxylic acids is 1. The fourth-order valence-corrected chi connectivity index (χ4v) is 2.66. The second-order valence-electron chi connectivity index (χ2n) is 4.63. The van der Waals surface area contributed by atoms with Crippen LogP contribution >= 0.6 is 11.6 Å². The molecule has 1 saturated heterocycles. The quantitative estimate of drug-likeness (QED) is 0.867. The van der Waals surface area contributed by atoms with Gasteiger partial charge in [0.25, 0.3) is 0 Å². The minimum Gasteiger partial charge on any atom is -0.480 e. The zero-order valence-corrected chi connectivity index (χ0v) is 10.9. The van der Waals surface area contributed by atoms with E-state index in [2.05, 4.69) is 0 Å². The van der Waals surface area contributed by atoms with Gasteiger partial charge in [-0.1, -0.05) is 6.07 Å². The topological polar surface area (TPSA) is 40.5 Å². The van der Waals surface area contributed by atoms with Gasteiger partial charge in [0.05, 0.1) is 5.38 Å². The van der Waals surface area contributed by atoms with Crippen LogP contribution in [0.2, 0.25) is 0 Å². The molecule has 1 fully saturated rings. The largest absolute Gasteiger partial charge is 0.480 e. The van der Waals surface area contributed by atoms with Crippen LogP contribution in [0.1, 0.15) is 23.8 Å². The average molecular weight is 290 g/mol. The molecule has 19 heavy (non-hydrogen) atoms. The van der Waals surface area contributed by atoms with Crippen LogP contribution < -0.4 is 0 Å². The van der Waals surface area contributed by atoms with Crippen LogP contribution in [0.3, 0.4) is 0 Å². The Morgan fingerprint density at radius 3 is 2.84 bits per heavy atom. The van der Waals surface area contributed by atoms with Crippen LogP contribution in [0.5, 0.6) is 0 Å². The second kappa shape index (κ2) is 5.84. The summed E-state index contributed by atoms with van der Waals surface area (Å²) in [7, 11) is 0. The third-order valence-corrected chi connectivity index (χ3v) is 3.74. The van der Waals surface area contributed by atoms with E-state index < -0.39 is 29.0 Å². The molecule has 0 spiro atoms. The Bertz CT molecular complexity index is 484. The molecule has 0 bridgehead atoms. The number of hydrogen-bond donors (Lipinski definition) is 1. The normalized spacial score (nSPS) is 21.5. The lowest BCUT2D eigenvalue weighted by atomic mass is 10.1. The molecule has 1 aliphatic rings. The lowest BCUT2D eigenvalue weighted by molar-refractivity contribution is -0.142. The highest BCUT2D eigenvalue weighted by Gasteiger charge is 2.31. The molecule has 0 aromatic heterocycles. The maximum absolute atomic E-state index is 13.1. The van der Waals surface area contributed by atoms with Crippen molar-refractivity contribution in [1.29, 1.82) is 0 Å². The first-order chi connectivity index (χ1) is 8.99. The van der Waals surface area contributed by atoms with Crippen molar-refractivity contribution < 1.29 is 18.7 Å². The number of benzene rings is 1. The van der Waals surface area contributed by atoms with Gasteiger partial charge in [-0.3, -0.25) is 9.69 Å². The minimum absolute atomic E-state index is 0.309. The Morgan fingerprint density at radius 2 is 2.21 bits per heavy atom. The van der Waals surface area contributed by atoms with Crippen molar-refractivity contribution in [3.8, 4) is 0 Å². The predicted octanol–water partition coefficient (Wildman–Crippen LogP) is 2.79. The summed E-state index contributed by atoms with van der Waals surface area (Å²) in [6.45, 7) is 0.966. The van der Waals surface area contributed by atoms with Crippen molar-refractivity contribution in [1.82, 2.24) is 4.90 Å². The van der Waals surface area contributed by atoms with E-state index in [-0.39, 0.29) is 0 Å². The summed E-state index contributed by atoms with van der Waals surface area (Å²) < 4.78 is 25.9. The van der Waals surface area contributed by atoms with Crippen LogP contribution in [0, 0.1) is 11.6 Å². The molecule has 3 nitrogen and oxygen atoms in total. The van der Waals surface area contributed by atoms with Crippen LogP contribution in [-0.4, -0.2) is 35.1 Å². The molecule has 0 amide bonds. The molecule has 1 N–H and O–H groups in total. The molecule has 0 radical (unpaired) electrons. The lowest BCUT2D eigenvalue weighted by Gasteiger charge is -2.23. The van der Waals surface area contributed by atoms with Gasteiger partial charge in [-0.15, -0.1) is 11.6 Å². The van der Waals surface area contributed by atoms with Gasteiger partial charge in [0, 0.05) is 6.54 Å². The third kappa shape index (κ3) is 3.22. The van der Waals surface area contributed by atoms with Gasteiger partial charge in [0.15, 0.2) is 11.6 Å². The van der Waals surface area contributed by atoms with Crippen molar-refractivity contribution >= 4 is 17.6 Å². The highest BCUT2D eigenvalue weighted by molar-refractivity contribution is 6.21. The maximum Gasteiger partial charge on any atom is 0.320 e. The molecule has 6 heteroatoms. The summed E-state index contributed by atoms with van der Waals surface area (Å²) in [5, 5.41) is 8.49. The van der Waals surface area contributed by atoms with E-state index >= 15 is 0 Å². The zero-order valence-electron chi connectivity index (χ0n) is 10.2. The summed E-state index contributed by atoms with van der Waals surface area (Å²) in [6, 6.07) is 2.96. The van der Waals surface area contributed by atoms with Gasteiger partial charge >= 0.3 is 5.97 Å². The summed E-state index contributed by atoms with van der Waals surface area (Å²) in [4.78, 5) is 12.8. The number of rotatable bonds is 4. The van der Waals surface area contributed by atoms with E-state index in [1.54, 1.807) is 4.90 Å². The molecule has 2 unspecified atom stereocenters. The van der Waals surface area contributed by atoms with Gasteiger partial charge in [-0.2, -0.15) is 0 Å². The maximum atomic E-state index is 13.1. The first kappa shape index (κ1) is 14.2. The Morgan fingerprint density at radius 1 is 1.47 bits per heavy atom. The number of nitrogens with zero attached hydrogens (tertiary/aromatic N) is 1. The molecule has 1 aliphatic heterocycles. The Kier molecular flexibility index (Phi) is 4.37. The van der Waals surface area contributed by atoms with Gasteiger partial charge in [-0.25, -0.2) is 8.78 Å². The molecule has 0 aliphatic carbocycles. The van der Waals surface area contributed by atoms with Crippen molar-refractivity contribution in [2.24, 2.45) is 0 Å². The smallest absolute Gasteiger partial charge is 0.320 e. The van der Waals surface area contributed by atoms with E-state index in [1.165, 1.54) is 6.07 Å². The third-order valence-electron chi connectivity index (χ3n) is 3.35. The summed E-state index contributed by atoms with van der Waals surface area (Å²) >= 11 is 6.16. The number of likely N-dealkylation sites (tertiary alicyclic amines) is 1. The summed E-state index contributed by atoms with van der Waals surface area (Å²) in [6.07, 6.45) is 1.40. The van der Waals surface area contributed by atoms with Crippen LogP contribution in [0.25, 0.3) is 0 Å². The molecule has 1 aromatic carbocycles. The first-order valence-corrected chi connectivity index (χ1v) is 6.48. The number of carboxylic acid groups (broad SMARTS) is 1. The van der Waals surface area contributed by atoms with Crippen molar-refractivity contribution in [2.45, 2.75) is 24.3 Å². The van der Waals surface area contributed by atoms with Crippen molar-refractivity contribution in [2.75, 3.05) is 13.1 Å². The number of carbonyl (C=O) groups is 1. The lowest BCUT2D eigenvalue weighted by Crippen LogP contribution is -2.37. The monoisotopic (exact) mass is 289 g/mol. The van der Waals surface area contributed by atoms with Gasteiger partial charge in [0.2, 0.25) is 0 Å². The minimum atomic E-state index is -0.945. The van der Waals surface area contributed by atoms with E-state index in [0.717, 1.165) is 18.6 Å². The number of hydrogen-bond acceptors (Lipinski definition) is 2. The van der Waals surface area contributed by atoms with E-state index in [4.69, 9.17) is 16.7 Å². The van der Waals surface area contributed by atoms with Crippen LogP contribution in [0.15, 0.2) is 18.2 Å². The fourth-order valence-electron chi connectivity index (χ4n) is 2.34. The van der Waals surface area contributed by atoms with Crippen LogP contribution in [0.4, 0.5) is 8.78 Å². The van der Waals surface area contributed by atoms with Crippen molar-refractivity contribution in [3.63, 3.8) is 0 Å². The standard InChI is InChI=1S/C13H14ClF2NO2/c14-9(8-3-4-10(15)11(16)6-8)7-17-5-1-2-12(17)13(18)19/h3-4,6,9,12H,1-2,5,7H2,(H,18,19). The molecule has 1 heterocycles. The molecular formula is C13H14ClF2NO2. The van der Waals surface area contributed by atoms with E-state index in [9.17, 15) is 13.6 Å². The van der Waals surface area contributed by atoms with Gasteiger partial charge in [0.1, 0.15) is 6.04 Å².